The predicted molar refractivity (Wildman–Crippen MR) is 80.7 cm³/mol. The summed E-state index contributed by atoms with van der Waals surface area (Å²) in [6.07, 6.45) is 1.12. The first-order valence-electron chi connectivity index (χ1n) is 6.32. The average molecular weight is 355 g/mol. The van der Waals surface area contributed by atoms with Crippen LogP contribution in [0.4, 0.5) is 5.82 Å². The molecule has 0 spiro atoms. The lowest BCUT2D eigenvalue weighted by atomic mass is 10.0. The van der Waals surface area contributed by atoms with E-state index >= 15 is 0 Å². The molecule has 7 nitrogen and oxygen atoms in total. The van der Waals surface area contributed by atoms with E-state index in [1.807, 2.05) is 30.3 Å². The van der Waals surface area contributed by atoms with E-state index < -0.39 is 17.1 Å². The molecule has 0 radical (unpaired) electrons. The predicted octanol–water partition coefficient (Wildman–Crippen LogP) is 1.48. The van der Waals surface area contributed by atoms with E-state index in [4.69, 9.17) is 5.73 Å². The van der Waals surface area contributed by atoms with E-state index in [1.165, 1.54) is 10.9 Å². The van der Waals surface area contributed by atoms with Crippen LogP contribution in [0.5, 0.6) is 0 Å². The zero-order chi connectivity index (χ0) is 15.4. The van der Waals surface area contributed by atoms with E-state index in [2.05, 4.69) is 21.0 Å². The van der Waals surface area contributed by atoms with Gasteiger partial charge in [-0.1, -0.05) is 30.3 Å². The summed E-state index contributed by atoms with van der Waals surface area (Å²) in [6.45, 7) is 0.0977. The first-order valence-corrected chi connectivity index (χ1v) is 7.11. The molecule has 2 rings (SSSR count). The maximum Gasteiger partial charge on any atom is 0.404 e. The summed E-state index contributed by atoms with van der Waals surface area (Å²) >= 11 is 3.06. The average Bonchev–Trinajstić information content (AvgIpc) is 2.80. The highest BCUT2D eigenvalue weighted by molar-refractivity contribution is 9.10. The van der Waals surface area contributed by atoms with Gasteiger partial charge in [0.2, 0.25) is 0 Å². The Morgan fingerprint density at radius 3 is 2.67 bits per heavy atom. The van der Waals surface area contributed by atoms with Gasteiger partial charge in [-0.15, -0.1) is 0 Å². The molecular formula is C13H15BrN4O3. The normalized spacial score (nSPS) is 13.9. The van der Waals surface area contributed by atoms with Gasteiger partial charge in [-0.3, -0.25) is 0 Å². The van der Waals surface area contributed by atoms with Gasteiger partial charge in [0.05, 0.1) is 23.9 Å². The van der Waals surface area contributed by atoms with Crippen molar-refractivity contribution in [3.63, 3.8) is 0 Å². The molecule has 0 aliphatic rings. The quantitative estimate of drug-likeness (QED) is 0.603. The van der Waals surface area contributed by atoms with Crippen molar-refractivity contribution in [1.82, 2.24) is 9.78 Å². The fourth-order valence-electron chi connectivity index (χ4n) is 1.95. The minimum atomic E-state index is -0.850. The van der Waals surface area contributed by atoms with E-state index in [0.29, 0.717) is 6.42 Å². The summed E-state index contributed by atoms with van der Waals surface area (Å²) in [7, 11) is 0. The molecule has 0 saturated carbocycles. The van der Waals surface area contributed by atoms with Crippen LogP contribution in [0.2, 0.25) is 0 Å². The number of benzene rings is 1. The van der Waals surface area contributed by atoms with Crippen molar-refractivity contribution in [2.24, 2.45) is 5.73 Å². The van der Waals surface area contributed by atoms with Gasteiger partial charge in [0.15, 0.2) is 0 Å². The molecule has 0 fully saturated rings. The number of hydrogen-bond donors (Lipinski definition) is 2. The van der Waals surface area contributed by atoms with Gasteiger partial charge < -0.3 is 21.0 Å². The summed E-state index contributed by atoms with van der Waals surface area (Å²) in [6, 6.07) is 9.11. The second-order valence-corrected chi connectivity index (χ2v) is 5.56. The van der Waals surface area contributed by atoms with Crippen molar-refractivity contribution in [3.05, 3.63) is 56.7 Å². The van der Waals surface area contributed by atoms with Crippen LogP contribution < -0.4 is 5.73 Å². The maximum atomic E-state index is 10.7. The Hall–Kier alpha value is -1.77. The van der Waals surface area contributed by atoms with E-state index in [0.717, 1.165) is 5.56 Å². The Labute approximate surface area is 129 Å². The molecule has 1 aromatic carbocycles. The molecule has 112 valence electrons. The van der Waals surface area contributed by atoms with Crippen LogP contribution in [0.15, 0.2) is 41.0 Å². The SMILES string of the molecule is NC(Cc1ccccc1)C(O)Cn1cc(Br)c([N+](=O)[O-])n1. The number of halogens is 1. The van der Waals surface area contributed by atoms with Crippen molar-refractivity contribution in [2.45, 2.75) is 25.1 Å². The van der Waals surface area contributed by atoms with Crippen molar-refractivity contribution >= 4 is 21.7 Å². The molecule has 0 aliphatic carbocycles. The number of rotatable bonds is 6. The van der Waals surface area contributed by atoms with Gasteiger partial charge in [0, 0.05) is 6.04 Å². The van der Waals surface area contributed by atoms with Gasteiger partial charge in [0.25, 0.3) is 0 Å². The Bertz CT molecular complexity index is 617. The van der Waals surface area contributed by atoms with Crippen LogP contribution >= 0.6 is 15.9 Å². The molecule has 2 atom stereocenters. The van der Waals surface area contributed by atoms with Gasteiger partial charge >= 0.3 is 5.82 Å². The lowest BCUT2D eigenvalue weighted by molar-refractivity contribution is -0.390. The summed E-state index contributed by atoms with van der Waals surface area (Å²) in [5.74, 6) is -0.279. The highest BCUT2D eigenvalue weighted by atomic mass is 79.9. The molecule has 0 amide bonds. The van der Waals surface area contributed by atoms with E-state index in [9.17, 15) is 15.2 Å². The molecule has 1 aromatic heterocycles. The molecule has 3 N–H and O–H groups in total. The number of hydrogen-bond acceptors (Lipinski definition) is 5. The van der Waals surface area contributed by atoms with Crippen molar-refractivity contribution < 1.29 is 10.0 Å². The van der Waals surface area contributed by atoms with Crippen LogP contribution in [-0.2, 0) is 13.0 Å². The van der Waals surface area contributed by atoms with Crippen LogP contribution in [0.1, 0.15) is 5.56 Å². The van der Waals surface area contributed by atoms with Crippen molar-refractivity contribution in [3.8, 4) is 0 Å². The Balaban J connectivity index is 1.99. The molecule has 1 heterocycles. The monoisotopic (exact) mass is 354 g/mol. The Morgan fingerprint density at radius 1 is 1.43 bits per heavy atom. The molecule has 2 aromatic rings. The van der Waals surface area contributed by atoms with Gasteiger partial charge in [0.1, 0.15) is 4.47 Å². The largest absolute Gasteiger partial charge is 0.404 e. The summed E-state index contributed by atoms with van der Waals surface area (Å²) in [4.78, 5) is 10.1. The molecule has 2 unspecified atom stereocenters. The number of nitrogens with two attached hydrogens (primary N) is 1. The molecule has 8 heteroatoms. The third-order valence-electron chi connectivity index (χ3n) is 3.05. The first kappa shape index (κ1) is 15.6. The van der Waals surface area contributed by atoms with Crippen molar-refractivity contribution in [2.75, 3.05) is 0 Å². The third kappa shape index (κ3) is 4.10. The number of aliphatic hydroxyl groups excluding tert-OH is 1. The minimum Gasteiger partial charge on any atom is -0.389 e. The van der Waals surface area contributed by atoms with Gasteiger partial charge in [-0.05, 0) is 32.8 Å². The van der Waals surface area contributed by atoms with E-state index in [-0.39, 0.29) is 16.8 Å². The number of aromatic nitrogens is 2. The highest BCUT2D eigenvalue weighted by Gasteiger charge is 2.22. The Morgan fingerprint density at radius 2 is 2.10 bits per heavy atom. The lowest BCUT2D eigenvalue weighted by Gasteiger charge is -2.17. The van der Waals surface area contributed by atoms with Gasteiger partial charge in [-0.2, -0.15) is 4.68 Å². The zero-order valence-electron chi connectivity index (χ0n) is 11.1. The third-order valence-corrected chi connectivity index (χ3v) is 3.61. The summed E-state index contributed by atoms with van der Waals surface area (Å²) in [5.41, 5.74) is 6.99. The fraction of sp³-hybridized carbons (Fsp3) is 0.308. The van der Waals surface area contributed by atoms with E-state index in [1.54, 1.807) is 0 Å². The topological polar surface area (TPSA) is 107 Å². The number of nitrogens with zero attached hydrogens (tertiary/aromatic N) is 3. The van der Waals surface area contributed by atoms with Crippen LogP contribution in [0.25, 0.3) is 0 Å². The second-order valence-electron chi connectivity index (χ2n) is 4.70. The van der Waals surface area contributed by atoms with Crippen LogP contribution in [-0.4, -0.2) is 32.0 Å². The molecule has 0 aliphatic heterocycles. The molecule has 0 bridgehead atoms. The molecule has 0 saturated heterocycles. The summed E-state index contributed by atoms with van der Waals surface area (Å²) < 4.78 is 1.59. The number of aliphatic hydroxyl groups is 1. The Kier molecular flexibility index (Phi) is 5.05. The fourth-order valence-corrected chi connectivity index (χ4v) is 2.41. The lowest BCUT2D eigenvalue weighted by Crippen LogP contribution is -2.39. The molecular weight excluding hydrogens is 340 g/mol. The zero-order valence-corrected chi connectivity index (χ0v) is 12.7. The summed E-state index contributed by atoms with van der Waals surface area (Å²) in [5, 5.41) is 24.6. The van der Waals surface area contributed by atoms with Crippen LogP contribution in [0, 0.1) is 10.1 Å². The first-order chi connectivity index (χ1) is 9.97. The second kappa shape index (κ2) is 6.79. The van der Waals surface area contributed by atoms with Crippen molar-refractivity contribution in [1.29, 1.82) is 0 Å². The maximum absolute atomic E-state index is 10.7. The molecule has 21 heavy (non-hydrogen) atoms. The smallest absolute Gasteiger partial charge is 0.389 e. The minimum absolute atomic E-state index is 0.0977. The van der Waals surface area contributed by atoms with Crippen LogP contribution in [0.3, 0.4) is 0 Å². The highest BCUT2D eigenvalue weighted by Crippen LogP contribution is 2.22. The number of nitro groups is 1. The standard InChI is InChI=1S/C13H15BrN4O3/c14-10-7-17(16-13(10)18(20)21)8-12(19)11(15)6-9-4-2-1-3-5-9/h1-5,7,11-12,19H,6,8,15H2. The van der Waals surface area contributed by atoms with Gasteiger partial charge in [-0.25, -0.2) is 0 Å².